The van der Waals surface area contributed by atoms with Gasteiger partial charge in [-0.15, -0.1) is 0 Å². The summed E-state index contributed by atoms with van der Waals surface area (Å²) in [5.74, 6) is -4.20. The van der Waals surface area contributed by atoms with Crippen LogP contribution in [0.1, 0.15) is 20.7 Å². The van der Waals surface area contributed by atoms with Gasteiger partial charge in [-0.1, -0.05) is 12.1 Å². The number of aromatic hydroxyl groups is 2. The van der Waals surface area contributed by atoms with Crippen LogP contribution in [-0.4, -0.2) is 58.3 Å². The summed E-state index contributed by atoms with van der Waals surface area (Å²) in [6.07, 6.45) is 0. The molecular weight excluding hydrogens is 524 g/mol. The molecule has 3 aromatic carbocycles. The van der Waals surface area contributed by atoms with E-state index >= 15 is 0 Å². The lowest BCUT2D eigenvalue weighted by molar-refractivity contribution is -0.299. The summed E-state index contributed by atoms with van der Waals surface area (Å²) in [5.41, 5.74) is 8.28. The number of carbonyl (C=O) groups is 2. The predicted molar refractivity (Wildman–Crippen MR) is 118 cm³/mol. The van der Waals surface area contributed by atoms with Crippen molar-refractivity contribution in [2.24, 2.45) is 0 Å². The van der Waals surface area contributed by atoms with Gasteiger partial charge in [0.05, 0.1) is 9.79 Å². The number of carboxylic acids is 2. The summed E-state index contributed by atoms with van der Waals surface area (Å²) in [6.45, 7) is 0. The quantitative estimate of drug-likeness (QED) is 0.225. The van der Waals surface area contributed by atoms with Gasteiger partial charge in [-0.25, -0.2) is 26.4 Å². The van der Waals surface area contributed by atoms with E-state index in [0.29, 0.717) is 12.1 Å². The van der Waals surface area contributed by atoms with Crippen LogP contribution in [-0.2, 0) is 20.2 Å². The molecule has 0 radical (unpaired) electrons. The molecule has 3 rings (SSSR count). The second-order valence-electron chi connectivity index (χ2n) is 6.65. The summed E-state index contributed by atoms with van der Waals surface area (Å²) < 4.78 is 62.9. The van der Waals surface area contributed by atoms with Crippen LogP contribution in [0.25, 0.3) is 0 Å². The van der Waals surface area contributed by atoms with Crippen molar-refractivity contribution in [3.05, 3.63) is 71.8 Å². The Morgan fingerprint density at radius 2 is 0.944 bits per heavy atom. The van der Waals surface area contributed by atoms with E-state index in [4.69, 9.17) is 20.4 Å². The summed E-state index contributed by atoms with van der Waals surface area (Å²) in [7, 11) is -9.40. The van der Waals surface area contributed by atoms with Gasteiger partial charge in [0, 0.05) is 12.1 Å². The molecule has 0 saturated carbocycles. The van der Waals surface area contributed by atoms with Gasteiger partial charge in [0.2, 0.25) is 0 Å². The molecule has 0 atom stereocenters. The van der Waals surface area contributed by atoms with Crippen molar-refractivity contribution >= 4 is 43.5 Å². The van der Waals surface area contributed by atoms with Crippen LogP contribution in [0, 0.1) is 0 Å². The number of rotatable bonds is 4. The zero-order valence-corrected chi connectivity index (χ0v) is 19.7. The van der Waals surface area contributed by atoms with E-state index in [-0.39, 0.29) is 0 Å². The fraction of sp³-hybridized carbons (Fsp3) is 0. The van der Waals surface area contributed by atoms with Crippen molar-refractivity contribution in [2.45, 2.75) is 9.79 Å². The average Bonchev–Trinajstić information content (AvgIpc) is 2.75. The van der Waals surface area contributed by atoms with Crippen molar-refractivity contribution in [3.63, 3.8) is 0 Å². The molecule has 0 amide bonds. The normalized spacial score (nSPS) is 10.8. The fourth-order valence-electron chi connectivity index (χ4n) is 2.24. The van der Waals surface area contributed by atoms with Crippen LogP contribution in [0.5, 0.6) is 11.5 Å². The first-order valence-corrected chi connectivity index (χ1v) is 12.0. The largest absolute Gasteiger partial charge is 0.744 e. The first kappa shape index (κ1) is 30.0. The molecule has 0 aliphatic heterocycles. The molecule has 0 unspecified atom stereocenters. The lowest BCUT2D eigenvalue weighted by Gasteiger charge is -2.08. The third kappa shape index (κ3) is 8.95. The van der Waals surface area contributed by atoms with Crippen molar-refractivity contribution in [3.8, 4) is 11.5 Å². The van der Waals surface area contributed by atoms with E-state index in [1.54, 1.807) is 0 Å². The Morgan fingerprint density at radius 1 is 0.639 bits per heavy atom. The Morgan fingerprint density at radius 3 is 1.17 bits per heavy atom. The van der Waals surface area contributed by atoms with Gasteiger partial charge in [-0.2, -0.15) is 0 Å². The molecule has 0 spiro atoms. The first-order chi connectivity index (χ1) is 16.4. The molecule has 3 aromatic rings. The minimum atomic E-state index is -4.70. The maximum atomic E-state index is 10.5. The highest BCUT2D eigenvalue weighted by Gasteiger charge is 2.13. The minimum Gasteiger partial charge on any atom is -0.744 e. The van der Waals surface area contributed by atoms with E-state index in [0.717, 1.165) is 35.6 Å². The molecular formula is C20H20N2O12S2. The fourth-order valence-corrected chi connectivity index (χ4v) is 3.24. The Kier molecular flexibility index (Phi) is 10.0. The molecule has 0 aromatic heterocycles. The molecule has 10 N–H and O–H groups in total. The van der Waals surface area contributed by atoms with Crippen LogP contribution in [0.3, 0.4) is 0 Å². The van der Waals surface area contributed by atoms with Crippen LogP contribution in [0.2, 0.25) is 0 Å². The molecule has 14 nitrogen and oxygen atoms in total. The lowest BCUT2D eigenvalue weighted by atomic mass is 10.2. The van der Waals surface area contributed by atoms with Gasteiger partial charge in [0.15, 0.2) is 11.4 Å². The SMILES string of the molecule is O=C(O)c1cc(S(=O)(=O)[O-])ccc1O.O=C(O)c1cc(S(=O)(=O)[O-])ccc1O.[NH3+]c1ccccc1[NH3+]. The first-order valence-electron chi connectivity index (χ1n) is 9.22. The third-order valence-electron chi connectivity index (χ3n) is 4.09. The summed E-state index contributed by atoms with van der Waals surface area (Å²) in [4.78, 5) is 19.5. The highest BCUT2D eigenvalue weighted by molar-refractivity contribution is 7.86. The van der Waals surface area contributed by atoms with Crippen LogP contribution in [0.15, 0.2) is 70.5 Å². The molecule has 0 heterocycles. The van der Waals surface area contributed by atoms with Gasteiger partial charge in [-0.05, 0) is 36.4 Å². The van der Waals surface area contributed by atoms with Crippen molar-refractivity contribution < 1.29 is 67.4 Å². The van der Waals surface area contributed by atoms with E-state index in [1.807, 2.05) is 24.3 Å². The average molecular weight is 545 g/mol. The zero-order chi connectivity index (χ0) is 27.8. The van der Waals surface area contributed by atoms with E-state index < -0.39 is 64.6 Å². The van der Waals surface area contributed by atoms with Gasteiger partial charge >= 0.3 is 11.9 Å². The van der Waals surface area contributed by atoms with Crippen LogP contribution < -0.4 is 11.5 Å². The highest BCUT2D eigenvalue weighted by atomic mass is 32.2. The smallest absolute Gasteiger partial charge is 0.339 e. The number of hydrogen-bond donors (Lipinski definition) is 6. The summed E-state index contributed by atoms with van der Waals surface area (Å²) in [5, 5.41) is 35.0. The zero-order valence-electron chi connectivity index (χ0n) is 18.1. The second-order valence-corrected chi connectivity index (χ2v) is 9.40. The number of benzene rings is 3. The van der Waals surface area contributed by atoms with Gasteiger partial charge < -0.3 is 41.0 Å². The topological polar surface area (TPSA) is 285 Å². The number of phenols is 2. The number of quaternary nitrogens is 2. The minimum absolute atomic E-state index is 0.593. The number of aromatic carboxylic acids is 2. The van der Waals surface area contributed by atoms with Crippen LogP contribution in [0.4, 0.5) is 11.4 Å². The Bertz CT molecular complexity index is 1370. The molecule has 0 aliphatic carbocycles. The predicted octanol–water partition coefficient (Wildman–Crippen LogP) is -0.578. The lowest BCUT2D eigenvalue weighted by Crippen LogP contribution is -2.49. The Labute approximate surface area is 204 Å². The number of carboxylic acid groups (broad SMARTS) is 2. The van der Waals surface area contributed by atoms with Gasteiger partial charge in [0.25, 0.3) is 0 Å². The van der Waals surface area contributed by atoms with Crippen LogP contribution >= 0.6 is 0 Å². The maximum absolute atomic E-state index is 10.5. The Hall–Kier alpha value is -4.06. The summed E-state index contributed by atoms with van der Waals surface area (Å²) in [6, 6.07) is 12.4. The van der Waals surface area contributed by atoms with E-state index in [1.165, 1.54) is 0 Å². The van der Waals surface area contributed by atoms with Crippen molar-refractivity contribution in [1.29, 1.82) is 0 Å². The van der Waals surface area contributed by atoms with E-state index in [2.05, 4.69) is 11.5 Å². The van der Waals surface area contributed by atoms with E-state index in [9.17, 15) is 35.5 Å². The summed E-state index contributed by atoms with van der Waals surface area (Å²) >= 11 is 0. The highest BCUT2D eigenvalue weighted by Crippen LogP contribution is 2.21. The van der Waals surface area contributed by atoms with Gasteiger partial charge in [0.1, 0.15) is 42.9 Å². The molecule has 36 heavy (non-hydrogen) atoms. The molecule has 0 saturated heterocycles. The molecule has 16 heteroatoms. The second kappa shape index (κ2) is 12.1. The molecule has 0 fully saturated rings. The standard InChI is InChI=1S/2C7H6O6S.C6H8N2/c2*8-6-2-1-4(14(11,12)13)3-5(6)7(9)10;7-5-3-1-2-4-6(5)8/h2*1-3,8H,(H,9,10)(H,11,12,13);1-4H,7-8H2. The Balaban J connectivity index is 0.000000281. The maximum Gasteiger partial charge on any atom is 0.339 e. The van der Waals surface area contributed by atoms with Gasteiger partial charge in [-0.3, -0.25) is 0 Å². The van der Waals surface area contributed by atoms with Crippen molar-refractivity contribution in [2.75, 3.05) is 0 Å². The van der Waals surface area contributed by atoms with Crippen molar-refractivity contribution in [1.82, 2.24) is 0 Å². The molecule has 194 valence electrons. The third-order valence-corrected chi connectivity index (χ3v) is 5.76. The molecule has 0 aliphatic rings. The molecule has 0 bridgehead atoms. The number of hydrogen-bond acceptors (Lipinski definition) is 10. The monoisotopic (exact) mass is 544 g/mol.